The number of Topliss-reactive ketones (excluding diaryl/α,β-unsaturated/α-hetero) is 1. The summed E-state index contributed by atoms with van der Waals surface area (Å²) in [4.78, 5) is 11.6. The van der Waals surface area contributed by atoms with Gasteiger partial charge in [0.15, 0.2) is 0 Å². The minimum Gasteiger partial charge on any atom is -0.299 e. The molecular weight excluding hydrogens is 148 g/mol. The molecule has 68 valence electrons. The molecule has 2 bridgehead atoms. The van der Waals surface area contributed by atoms with Gasteiger partial charge in [-0.15, -0.1) is 0 Å². The first-order valence-electron chi connectivity index (χ1n) is 5.39. The molecule has 0 heterocycles. The molecule has 0 N–H and O–H groups in total. The van der Waals surface area contributed by atoms with E-state index in [4.69, 9.17) is 0 Å². The lowest BCUT2D eigenvalue weighted by Crippen LogP contribution is -2.23. The highest BCUT2D eigenvalue weighted by atomic mass is 16.1. The SMILES string of the molecule is O=C1CC2CCCCCC1CC2. The van der Waals surface area contributed by atoms with Gasteiger partial charge in [-0.25, -0.2) is 0 Å². The van der Waals surface area contributed by atoms with Crippen LogP contribution in [0.2, 0.25) is 0 Å². The lowest BCUT2D eigenvalue weighted by molar-refractivity contribution is -0.126. The van der Waals surface area contributed by atoms with Crippen LogP contribution in [0.1, 0.15) is 51.4 Å². The molecule has 2 unspecified atom stereocenters. The Morgan fingerprint density at radius 2 is 1.75 bits per heavy atom. The molecule has 3 fully saturated rings. The molecule has 0 aromatic carbocycles. The van der Waals surface area contributed by atoms with Crippen molar-refractivity contribution in [1.82, 2.24) is 0 Å². The van der Waals surface area contributed by atoms with Gasteiger partial charge in [-0.1, -0.05) is 25.7 Å². The standard InChI is InChI=1S/C11H18O/c12-11-8-9-4-2-1-3-5-10(11)7-6-9/h9-10H,1-8H2. The summed E-state index contributed by atoms with van der Waals surface area (Å²) in [6, 6.07) is 0. The molecule has 3 rings (SSSR count). The third-order valence-corrected chi connectivity index (χ3v) is 3.53. The summed E-state index contributed by atoms with van der Waals surface area (Å²) in [5, 5.41) is 0. The normalized spacial score (nSPS) is 37.2. The van der Waals surface area contributed by atoms with Gasteiger partial charge in [0.05, 0.1) is 0 Å². The Morgan fingerprint density at radius 1 is 0.917 bits per heavy atom. The maximum atomic E-state index is 11.6. The van der Waals surface area contributed by atoms with E-state index in [0.29, 0.717) is 11.7 Å². The van der Waals surface area contributed by atoms with E-state index in [2.05, 4.69) is 0 Å². The smallest absolute Gasteiger partial charge is 0.136 e. The Labute approximate surface area is 74.5 Å². The van der Waals surface area contributed by atoms with Gasteiger partial charge in [-0.3, -0.25) is 4.79 Å². The quantitative estimate of drug-likeness (QED) is 0.540. The maximum Gasteiger partial charge on any atom is 0.136 e. The fourth-order valence-corrected chi connectivity index (χ4v) is 2.70. The van der Waals surface area contributed by atoms with Crippen molar-refractivity contribution in [3.05, 3.63) is 0 Å². The Morgan fingerprint density at radius 3 is 2.58 bits per heavy atom. The van der Waals surface area contributed by atoms with Crippen molar-refractivity contribution in [2.24, 2.45) is 11.8 Å². The molecule has 0 aliphatic heterocycles. The van der Waals surface area contributed by atoms with Crippen LogP contribution in [0, 0.1) is 11.8 Å². The van der Waals surface area contributed by atoms with E-state index in [1.54, 1.807) is 0 Å². The zero-order valence-electron chi connectivity index (χ0n) is 7.72. The Bertz CT molecular complexity index is 170. The number of ketones is 1. The average molecular weight is 166 g/mol. The van der Waals surface area contributed by atoms with E-state index in [1.807, 2.05) is 0 Å². The first-order valence-corrected chi connectivity index (χ1v) is 5.39. The van der Waals surface area contributed by atoms with Gasteiger partial charge in [0.2, 0.25) is 0 Å². The number of rotatable bonds is 0. The van der Waals surface area contributed by atoms with Crippen molar-refractivity contribution in [2.45, 2.75) is 51.4 Å². The molecule has 0 saturated heterocycles. The van der Waals surface area contributed by atoms with Crippen molar-refractivity contribution >= 4 is 5.78 Å². The highest BCUT2D eigenvalue weighted by molar-refractivity contribution is 5.81. The van der Waals surface area contributed by atoms with E-state index in [9.17, 15) is 4.79 Å². The van der Waals surface area contributed by atoms with Crippen LogP contribution in [-0.4, -0.2) is 5.78 Å². The molecule has 3 saturated carbocycles. The van der Waals surface area contributed by atoms with Gasteiger partial charge in [-0.05, 0) is 25.2 Å². The molecule has 0 aromatic heterocycles. The summed E-state index contributed by atoms with van der Waals surface area (Å²) < 4.78 is 0. The van der Waals surface area contributed by atoms with Gasteiger partial charge in [0.25, 0.3) is 0 Å². The summed E-state index contributed by atoms with van der Waals surface area (Å²) in [6.45, 7) is 0. The Balaban J connectivity index is 2.04. The molecule has 12 heavy (non-hydrogen) atoms. The monoisotopic (exact) mass is 166 g/mol. The van der Waals surface area contributed by atoms with Crippen molar-refractivity contribution in [3.63, 3.8) is 0 Å². The predicted octanol–water partition coefficient (Wildman–Crippen LogP) is 2.94. The van der Waals surface area contributed by atoms with E-state index < -0.39 is 0 Å². The Hall–Kier alpha value is -0.330. The summed E-state index contributed by atoms with van der Waals surface area (Å²) in [6.07, 6.45) is 9.96. The van der Waals surface area contributed by atoms with Gasteiger partial charge in [-0.2, -0.15) is 0 Å². The van der Waals surface area contributed by atoms with Crippen molar-refractivity contribution in [2.75, 3.05) is 0 Å². The lowest BCUT2D eigenvalue weighted by Gasteiger charge is -2.25. The maximum absolute atomic E-state index is 11.6. The third-order valence-electron chi connectivity index (χ3n) is 3.53. The molecule has 0 spiro atoms. The molecule has 2 atom stereocenters. The van der Waals surface area contributed by atoms with Crippen molar-refractivity contribution in [3.8, 4) is 0 Å². The first kappa shape index (κ1) is 8.28. The zero-order chi connectivity index (χ0) is 8.39. The predicted molar refractivity (Wildman–Crippen MR) is 48.9 cm³/mol. The van der Waals surface area contributed by atoms with Gasteiger partial charge in [0, 0.05) is 12.3 Å². The van der Waals surface area contributed by atoms with Crippen LogP contribution in [0.4, 0.5) is 0 Å². The minimum absolute atomic E-state index is 0.458. The number of fused-ring (bicyclic) bond motifs is 6. The second-order valence-electron chi connectivity index (χ2n) is 4.45. The molecule has 1 heteroatoms. The second kappa shape index (κ2) is 3.59. The van der Waals surface area contributed by atoms with E-state index in [1.165, 1.54) is 44.9 Å². The van der Waals surface area contributed by atoms with Crippen LogP contribution in [0.25, 0.3) is 0 Å². The van der Waals surface area contributed by atoms with E-state index in [-0.39, 0.29) is 0 Å². The summed E-state index contributed by atoms with van der Waals surface area (Å²) >= 11 is 0. The Kier molecular flexibility index (Phi) is 2.48. The summed E-state index contributed by atoms with van der Waals surface area (Å²) in [5.74, 6) is 1.79. The van der Waals surface area contributed by atoms with E-state index in [0.717, 1.165) is 12.3 Å². The van der Waals surface area contributed by atoms with E-state index >= 15 is 0 Å². The fraction of sp³-hybridized carbons (Fsp3) is 0.909. The minimum atomic E-state index is 0.458. The molecule has 1 nitrogen and oxygen atoms in total. The van der Waals surface area contributed by atoms with Crippen LogP contribution in [-0.2, 0) is 4.79 Å². The van der Waals surface area contributed by atoms with Crippen molar-refractivity contribution < 1.29 is 4.79 Å². The lowest BCUT2D eigenvalue weighted by atomic mass is 9.79. The summed E-state index contributed by atoms with van der Waals surface area (Å²) in [5.41, 5.74) is 0. The number of hydrogen-bond acceptors (Lipinski definition) is 1. The molecular formula is C11H18O. The van der Waals surface area contributed by atoms with Crippen LogP contribution >= 0.6 is 0 Å². The number of hydrogen-bond donors (Lipinski definition) is 0. The molecule has 0 radical (unpaired) electrons. The molecule has 0 amide bonds. The van der Waals surface area contributed by atoms with Gasteiger partial charge in [0.1, 0.15) is 5.78 Å². The largest absolute Gasteiger partial charge is 0.299 e. The van der Waals surface area contributed by atoms with Crippen LogP contribution in [0.5, 0.6) is 0 Å². The fourth-order valence-electron chi connectivity index (χ4n) is 2.70. The second-order valence-corrected chi connectivity index (χ2v) is 4.45. The van der Waals surface area contributed by atoms with Crippen LogP contribution in [0.3, 0.4) is 0 Å². The molecule has 3 aliphatic rings. The summed E-state index contributed by atoms with van der Waals surface area (Å²) in [7, 11) is 0. The highest BCUT2D eigenvalue weighted by Crippen LogP contribution is 2.34. The number of carbonyl (C=O) groups is 1. The first-order chi connectivity index (χ1) is 5.86. The van der Waals surface area contributed by atoms with Crippen LogP contribution in [0.15, 0.2) is 0 Å². The average Bonchev–Trinajstić information content (AvgIpc) is 2.21. The third kappa shape index (κ3) is 1.70. The van der Waals surface area contributed by atoms with Crippen LogP contribution < -0.4 is 0 Å². The molecule has 0 aromatic rings. The zero-order valence-corrected chi connectivity index (χ0v) is 7.72. The highest BCUT2D eigenvalue weighted by Gasteiger charge is 2.28. The van der Waals surface area contributed by atoms with Gasteiger partial charge >= 0.3 is 0 Å². The topological polar surface area (TPSA) is 17.1 Å². The van der Waals surface area contributed by atoms with Crippen molar-refractivity contribution in [1.29, 1.82) is 0 Å². The van der Waals surface area contributed by atoms with Gasteiger partial charge < -0.3 is 0 Å². The molecule has 3 aliphatic carbocycles. The number of carbonyl (C=O) groups excluding carboxylic acids is 1.